The van der Waals surface area contributed by atoms with Gasteiger partial charge in [-0.1, -0.05) is 32.4 Å². The van der Waals surface area contributed by atoms with Gasteiger partial charge in [0.15, 0.2) is 0 Å². The highest BCUT2D eigenvalue weighted by molar-refractivity contribution is 7.39. The lowest BCUT2D eigenvalue weighted by Crippen LogP contribution is -2.23. The molecule has 6 nitrogen and oxygen atoms in total. The van der Waals surface area contributed by atoms with E-state index >= 15 is 0 Å². The topological polar surface area (TPSA) is 85.7 Å². The lowest BCUT2D eigenvalue weighted by Gasteiger charge is -2.28. The number of terminal acetylenes is 1. The summed E-state index contributed by atoms with van der Waals surface area (Å²) in [6.45, 7) is 3.91. The molecule has 1 aromatic carbocycles. The number of aromatic nitrogens is 1. The third-order valence-electron chi connectivity index (χ3n) is 5.51. The maximum absolute atomic E-state index is 13.6. The van der Waals surface area contributed by atoms with Crippen molar-refractivity contribution in [1.82, 2.24) is 4.98 Å². The molecule has 2 aromatic rings. The summed E-state index contributed by atoms with van der Waals surface area (Å²) in [7, 11) is -1.57. The van der Waals surface area contributed by atoms with E-state index in [0.29, 0.717) is 28.3 Å². The van der Waals surface area contributed by atoms with Crippen LogP contribution in [0.5, 0.6) is 0 Å². The van der Waals surface area contributed by atoms with Gasteiger partial charge < -0.3 is 14.4 Å². The van der Waals surface area contributed by atoms with Crippen LogP contribution in [0.25, 0.3) is 11.1 Å². The van der Waals surface area contributed by atoms with E-state index in [1.54, 1.807) is 18.2 Å². The van der Waals surface area contributed by atoms with Crippen LogP contribution in [-0.2, 0) is 18.6 Å². The second-order valence-electron chi connectivity index (χ2n) is 8.19. The average molecular weight is 459 g/mol. The van der Waals surface area contributed by atoms with Crippen molar-refractivity contribution < 1.29 is 28.1 Å². The van der Waals surface area contributed by atoms with Gasteiger partial charge in [0.25, 0.3) is 0 Å². The van der Waals surface area contributed by atoms with Crippen LogP contribution in [0.4, 0.5) is 4.39 Å². The molecule has 170 valence electrons. The van der Waals surface area contributed by atoms with Crippen molar-refractivity contribution in [3.63, 3.8) is 0 Å². The van der Waals surface area contributed by atoms with Crippen LogP contribution >= 0.6 is 8.03 Å². The third-order valence-corrected chi connectivity index (χ3v) is 7.09. The molecule has 1 saturated carbocycles. The molecule has 0 spiro atoms. The van der Waals surface area contributed by atoms with E-state index in [1.807, 2.05) is 19.9 Å². The highest BCUT2D eigenvalue weighted by Crippen LogP contribution is 2.51. The van der Waals surface area contributed by atoms with E-state index in [4.69, 9.17) is 15.9 Å². The number of hydrogen-bond acceptors (Lipinski definition) is 6. The summed E-state index contributed by atoms with van der Waals surface area (Å²) in [4.78, 5) is 16.8. The van der Waals surface area contributed by atoms with Gasteiger partial charge in [0, 0.05) is 24.4 Å². The number of rotatable bonds is 9. The molecule has 1 heterocycles. The average Bonchev–Trinajstić information content (AvgIpc) is 3.59. The number of aliphatic hydroxyl groups excluding tert-OH is 1. The number of carbonyl (C=O) groups excluding carboxylic acids is 1. The molecule has 0 aliphatic heterocycles. The van der Waals surface area contributed by atoms with Gasteiger partial charge in [-0.05, 0) is 53.6 Å². The van der Waals surface area contributed by atoms with Gasteiger partial charge in [-0.15, -0.1) is 0 Å². The molecule has 1 fully saturated rings. The van der Waals surface area contributed by atoms with Gasteiger partial charge in [0.05, 0.1) is 18.2 Å². The summed E-state index contributed by atoms with van der Waals surface area (Å²) in [5, 5.41) is 11.0. The fourth-order valence-corrected chi connectivity index (χ4v) is 5.03. The molecule has 1 aromatic heterocycles. The SMILES string of the molecule is C#COC(=O)CC(O)C(c1c(-c2ccc(F)cc2)cc(C2CC2)nc1C(C)C)[PH](=O)OC. The minimum atomic E-state index is -2.86. The Labute approximate surface area is 188 Å². The molecule has 1 aliphatic carbocycles. The van der Waals surface area contributed by atoms with Crippen molar-refractivity contribution in [2.75, 3.05) is 7.11 Å². The zero-order chi connectivity index (χ0) is 23.4. The van der Waals surface area contributed by atoms with Crippen LogP contribution in [0.1, 0.15) is 67.6 Å². The number of aliphatic hydroxyl groups is 1. The lowest BCUT2D eigenvalue weighted by molar-refractivity contribution is -0.139. The van der Waals surface area contributed by atoms with Crippen molar-refractivity contribution in [3.8, 4) is 23.7 Å². The standard InChI is InChI=1S/C24H27FNO5P/c1-5-31-21(28)13-20(27)24(32(29)30-4)22-18(15-8-10-17(25)11-9-15)12-19(16-6-7-16)26-23(22)14(2)3/h1,8-12,14,16,20,24,27,32H,6-7,13H2,2-4H3. The number of benzene rings is 1. The van der Waals surface area contributed by atoms with E-state index in [-0.39, 0.29) is 11.7 Å². The molecule has 0 bridgehead atoms. The first-order valence-electron chi connectivity index (χ1n) is 10.5. The van der Waals surface area contributed by atoms with Crippen LogP contribution in [0.3, 0.4) is 0 Å². The molecule has 1 N–H and O–H groups in total. The Bertz CT molecular complexity index is 1040. The smallest absolute Gasteiger partial charge is 0.322 e. The molecule has 3 rings (SSSR count). The highest BCUT2D eigenvalue weighted by Gasteiger charge is 2.36. The highest BCUT2D eigenvalue weighted by atomic mass is 31.1. The van der Waals surface area contributed by atoms with Gasteiger partial charge in [0.2, 0.25) is 8.03 Å². The monoisotopic (exact) mass is 459 g/mol. The van der Waals surface area contributed by atoms with Crippen molar-refractivity contribution in [2.45, 2.75) is 56.7 Å². The van der Waals surface area contributed by atoms with Gasteiger partial charge >= 0.3 is 5.97 Å². The van der Waals surface area contributed by atoms with E-state index in [2.05, 4.69) is 4.74 Å². The Morgan fingerprint density at radius 3 is 2.53 bits per heavy atom. The normalized spacial score (nSPS) is 16.3. The first-order valence-corrected chi connectivity index (χ1v) is 11.9. The predicted octanol–water partition coefficient (Wildman–Crippen LogP) is 4.94. The van der Waals surface area contributed by atoms with Crippen LogP contribution in [-0.4, -0.2) is 29.3 Å². The molecule has 0 amide bonds. The third kappa shape index (κ3) is 5.45. The number of esters is 1. The number of nitrogens with zero attached hydrogens (tertiary/aromatic N) is 1. The minimum Gasteiger partial charge on any atom is -0.391 e. The van der Waals surface area contributed by atoms with Crippen molar-refractivity contribution in [1.29, 1.82) is 0 Å². The zero-order valence-electron chi connectivity index (χ0n) is 18.3. The maximum Gasteiger partial charge on any atom is 0.322 e. The number of halogens is 1. The molecule has 8 heteroatoms. The van der Waals surface area contributed by atoms with Crippen molar-refractivity contribution >= 4 is 14.0 Å². The summed E-state index contributed by atoms with van der Waals surface area (Å²) < 4.78 is 36.4. The molecule has 3 atom stereocenters. The maximum atomic E-state index is 13.6. The Kier molecular flexibility index (Phi) is 7.84. The van der Waals surface area contributed by atoms with Crippen molar-refractivity contribution in [3.05, 3.63) is 53.1 Å². The Morgan fingerprint density at radius 1 is 1.34 bits per heavy atom. The van der Waals surface area contributed by atoms with Crippen LogP contribution in [0.15, 0.2) is 30.3 Å². The lowest BCUT2D eigenvalue weighted by atomic mass is 9.89. The van der Waals surface area contributed by atoms with E-state index < -0.39 is 32.2 Å². The Balaban J connectivity index is 2.23. The summed E-state index contributed by atoms with van der Waals surface area (Å²) in [6, 6.07) is 7.88. The molecule has 3 unspecified atom stereocenters. The summed E-state index contributed by atoms with van der Waals surface area (Å²) in [5.74, 6) is -0.918. The van der Waals surface area contributed by atoms with Crippen LogP contribution in [0, 0.1) is 18.3 Å². The van der Waals surface area contributed by atoms with Crippen molar-refractivity contribution in [2.24, 2.45) is 0 Å². The number of hydrogen-bond donors (Lipinski definition) is 1. The van der Waals surface area contributed by atoms with E-state index in [1.165, 1.54) is 19.2 Å². The van der Waals surface area contributed by atoms with Crippen LogP contribution in [0.2, 0.25) is 0 Å². The molecule has 32 heavy (non-hydrogen) atoms. The predicted molar refractivity (Wildman–Crippen MR) is 120 cm³/mol. The molecule has 0 radical (unpaired) electrons. The molecular weight excluding hydrogens is 432 g/mol. The Hall–Kier alpha value is -2.52. The molecular formula is C24H27FNO5P. The number of ether oxygens (including phenoxy) is 1. The van der Waals surface area contributed by atoms with E-state index in [9.17, 15) is 18.9 Å². The number of carbonyl (C=O) groups is 1. The Morgan fingerprint density at radius 2 is 2.00 bits per heavy atom. The minimum absolute atomic E-state index is 0.0677. The number of pyridine rings is 1. The summed E-state index contributed by atoms with van der Waals surface area (Å²) in [6.07, 6.45) is 7.02. The van der Waals surface area contributed by atoms with Gasteiger partial charge in [-0.2, -0.15) is 0 Å². The zero-order valence-corrected chi connectivity index (χ0v) is 19.3. The fourth-order valence-electron chi connectivity index (χ4n) is 3.81. The molecule has 0 saturated heterocycles. The quantitative estimate of drug-likeness (QED) is 0.325. The van der Waals surface area contributed by atoms with Crippen LogP contribution < -0.4 is 0 Å². The van der Waals surface area contributed by atoms with Gasteiger partial charge in [0.1, 0.15) is 11.9 Å². The van der Waals surface area contributed by atoms with Gasteiger partial charge in [-0.25, -0.2) is 4.39 Å². The van der Waals surface area contributed by atoms with E-state index in [0.717, 1.165) is 18.5 Å². The summed E-state index contributed by atoms with van der Waals surface area (Å²) >= 11 is 0. The van der Waals surface area contributed by atoms with Gasteiger partial charge in [-0.3, -0.25) is 14.3 Å². The fraction of sp³-hybridized carbons (Fsp3) is 0.417. The molecule has 1 aliphatic rings. The first kappa shape index (κ1) is 24.1. The first-order chi connectivity index (χ1) is 15.3. The summed E-state index contributed by atoms with van der Waals surface area (Å²) in [5.41, 5.74) is 2.46. The second kappa shape index (κ2) is 10.4. The largest absolute Gasteiger partial charge is 0.391 e. The second-order valence-corrected chi connectivity index (χ2v) is 9.86.